The molecule has 3 heterocycles. The fourth-order valence-corrected chi connectivity index (χ4v) is 1.99. The summed E-state index contributed by atoms with van der Waals surface area (Å²) >= 11 is 5.84. The van der Waals surface area contributed by atoms with Crippen molar-refractivity contribution in [2.45, 2.75) is 13.0 Å². The van der Waals surface area contributed by atoms with E-state index in [0.717, 1.165) is 5.56 Å². The van der Waals surface area contributed by atoms with E-state index in [1.165, 1.54) is 18.5 Å². The largest absolute Gasteiger partial charge is 0.248 e. The standard InChI is InChI=1S/C12H9ClFN5/c1-7(8-2-3-11(14)16-4-8)19-12-9(5-17-19)15-6-10(13)18-12/h2-7H,1H3. The average molecular weight is 278 g/mol. The number of hydrogen-bond donors (Lipinski definition) is 0. The summed E-state index contributed by atoms with van der Waals surface area (Å²) in [5.41, 5.74) is 2.07. The van der Waals surface area contributed by atoms with Crippen molar-refractivity contribution in [3.05, 3.63) is 47.4 Å². The molecule has 0 aliphatic heterocycles. The number of hydrogen-bond acceptors (Lipinski definition) is 4. The molecule has 0 fully saturated rings. The maximum atomic E-state index is 12.8. The van der Waals surface area contributed by atoms with Crippen LogP contribution in [0, 0.1) is 5.95 Å². The molecule has 96 valence electrons. The van der Waals surface area contributed by atoms with Crippen molar-refractivity contribution in [2.24, 2.45) is 0 Å². The van der Waals surface area contributed by atoms with E-state index in [1.54, 1.807) is 16.9 Å². The highest BCUT2D eigenvalue weighted by Gasteiger charge is 2.14. The van der Waals surface area contributed by atoms with E-state index in [2.05, 4.69) is 20.1 Å². The number of fused-ring (bicyclic) bond motifs is 1. The zero-order valence-electron chi connectivity index (χ0n) is 9.96. The predicted molar refractivity (Wildman–Crippen MR) is 68.3 cm³/mol. The zero-order chi connectivity index (χ0) is 13.4. The molecular weight excluding hydrogens is 269 g/mol. The molecule has 0 spiro atoms. The summed E-state index contributed by atoms with van der Waals surface area (Å²) in [5, 5.41) is 4.55. The van der Waals surface area contributed by atoms with Crippen LogP contribution in [0.4, 0.5) is 4.39 Å². The van der Waals surface area contributed by atoms with Crippen molar-refractivity contribution >= 4 is 22.8 Å². The Balaban J connectivity index is 2.08. The minimum absolute atomic E-state index is 0.140. The third-order valence-electron chi connectivity index (χ3n) is 2.87. The van der Waals surface area contributed by atoms with Gasteiger partial charge in [0.1, 0.15) is 10.7 Å². The van der Waals surface area contributed by atoms with Crippen LogP contribution in [0.3, 0.4) is 0 Å². The Morgan fingerprint density at radius 3 is 2.79 bits per heavy atom. The van der Waals surface area contributed by atoms with E-state index in [4.69, 9.17) is 11.6 Å². The lowest BCUT2D eigenvalue weighted by molar-refractivity contribution is 0.559. The second-order valence-electron chi connectivity index (χ2n) is 4.08. The summed E-state index contributed by atoms with van der Waals surface area (Å²) in [6.07, 6.45) is 4.57. The Kier molecular flexibility index (Phi) is 2.87. The van der Waals surface area contributed by atoms with Gasteiger partial charge in [-0.3, -0.25) is 0 Å². The summed E-state index contributed by atoms with van der Waals surface area (Å²) < 4.78 is 14.5. The molecule has 1 unspecified atom stereocenters. The third kappa shape index (κ3) is 2.15. The van der Waals surface area contributed by atoms with Gasteiger partial charge in [-0.15, -0.1) is 0 Å². The quantitative estimate of drug-likeness (QED) is 0.676. The molecule has 1 atom stereocenters. The van der Waals surface area contributed by atoms with Crippen molar-refractivity contribution in [3.63, 3.8) is 0 Å². The lowest BCUT2D eigenvalue weighted by Gasteiger charge is -2.12. The maximum Gasteiger partial charge on any atom is 0.212 e. The molecule has 5 nitrogen and oxygen atoms in total. The molecule has 3 aromatic rings. The van der Waals surface area contributed by atoms with Crippen LogP contribution in [-0.2, 0) is 0 Å². The van der Waals surface area contributed by atoms with Gasteiger partial charge in [0, 0.05) is 6.20 Å². The number of pyridine rings is 1. The first-order chi connectivity index (χ1) is 9.15. The highest BCUT2D eigenvalue weighted by Crippen LogP contribution is 2.21. The van der Waals surface area contributed by atoms with Crippen molar-refractivity contribution in [3.8, 4) is 0 Å². The van der Waals surface area contributed by atoms with Gasteiger partial charge in [0.15, 0.2) is 5.65 Å². The summed E-state index contributed by atoms with van der Waals surface area (Å²) in [6.45, 7) is 1.92. The van der Waals surface area contributed by atoms with Crippen molar-refractivity contribution < 1.29 is 4.39 Å². The van der Waals surface area contributed by atoms with Gasteiger partial charge in [-0.1, -0.05) is 17.7 Å². The third-order valence-corrected chi connectivity index (χ3v) is 3.06. The van der Waals surface area contributed by atoms with Gasteiger partial charge in [0.05, 0.1) is 18.4 Å². The monoisotopic (exact) mass is 277 g/mol. The molecule has 0 aliphatic rings. The first-order valence-electron chi connectivity index (χ1n) is 5.62. The van der Waals surface area contributed by atoms with Crippen LogP contribution >= 0.6 is 11.6 Å². The predicted octanol–water partition coefficient (Wildman–Crippen LogP) is 2.62. The van der Waals surface area contributed by atoms with Gasteiger partial charge in [-0.05, 0) is 18.6 Å². The highest BCUT2D eigenvalue weighted by molar-refractivity contribution is 6.29. The van der Waals surface area contributed by atoms with Crippen LogP contribution < -0.4 is 0 Å². The molecule has 7 heteroatoms. The fourth-order valence-electron chi connectivity index (χ4n) is 1.86. The van der Waals surface area contributed by atoms with Gasteiger partial charge in [0.2, 0.25) is 5.95 Å². The SMILES string of the molecule is CC(c1ccc(F)nc1)n1ncc2ncc(Cl)nc21. The first kappa shape index (κ1) is 12.0. The van der Waals surface area contributed by atoms with E-state index in [-0.39, 0.29) is 6.04 Å². The van der Waals surface area contributed by atoms with Crippen LogP contribution in [0.5, 0.6) is 0 Å². The summed E-state index contributed by atoms with van der Waals surface area (Å²) in [4.78, 5) is 12.0. The molecule has 0 N–H and O–H groups in total. The maximum absolute atomic E-state index is 12.8. The second kappa shape index (κ2) is 4.55. The van der Waals surface area contributed by atoms with Crippen LogP contribution in [-0.4, -0.2) is 24.7 Å². The lowest BCUT2D eigenvalue weighted by atomic mass is 10.1. The minimum atomic E-state index is -0.510. The lowest BCUT2D eigenvalue weighted by Crippen LogP contribution is -2.09. The van der Waals surface area contributed by atoms with E-state index >= 15 is 0 Å². The van der Waals surface area contributed by atoms with E-state index in [1.807, 2.05) is 6.92 Å². The van der Waals surface area contributed by atoms with E-state index < -0.39 is 5.95 Å². The molecule has 0 amide bonds. The first-order valence-corrected chi connectivity index (χ1v) is 6.00. The van der Waals surface area contributed by atoms with E-state index in [9.17, 15) is 4.39 Å². The topological polar surface area (TPSA) is 56.5 Å². The number of halogens is 2. The molecule has 0 aliphatic carbocycles. The number of aromatic nitrogens is 5. The normalized spacial score (nSPS) is 12.8. The van der Waals surface area contributed by atoms with Gasteiger partial charge >= 0.3 is 0 Å². The summed E-state index contributed by atoms with van der Waals surface area (Å²) in [6, 6.07) is 2.84. The Labute approximate surface area is 113 Å². The van der Waals surface area contributed by atoms with Gasteiger partial charge in [0.25, 0.3) is 0 Å². The van der Waals surface area contributed by atoms with Crippen molar-refractivity contribution in [2.75, 3.05) is 0 Å². The molecular formula is C12H9ClFN5. The Morgan fingerprint density at radius 1 is 1.21 bits per heavy atom. The molecule has 0 saturated heterocycles. The van der Waals surface area contributed by atoms with Crippen LogP contribution in [0.25, 0.3) is 11.2 Å². The highest BCUT2D eigenvalue weighted by atomic mass is 35.5. The minimum Gasteiger partial charge on any atom is -0.248 e. The summed E-state index contributed by atoms with van der Waals surface area (Å²) in [5.74, 6) is -0.510. The Bertz CT molecular complexity index is 725. The van der Waals surface area contributed by atoms with Crippen molar-refractivity contribution in [1.82, 2.24) is 24.7 Å². The summed E-state index contributed by atoms with van der Waals surface area (Å²) in [7, 11) is 0. The Morgan fingerprint density at radius 2 is 2.05 bits per heavy atom. The van der Waals surface area contributed by atoms with Gasteiger partial charge in [-0.25, -0.2) is 19.6 Å². The van der Waals surface area contributed by atoms with Crippen LogP contribution in [0.1, 0.15) is 18.5 Å². The smallest absolute Gasteiger partial charge is 0.212 e. The van der Waals surface area contributed by atoms with Crippen LogP contribution in [0.15, 0.2) is 30.7 Å². The molecule has 0 aromatic carbocycles. The average Bonchev–Trinajstić information content (AvgIpc) is 2.81. The zero-order valence-corrected chi connectivity index (χ0v) is 10.7. The number of rotatable bonds is 2. The number of nitrogens with zero attached hydrogens (tertiary/aromatic N) is 5. The van der Waals surface area contributed by atoms with Gasteiger partial charge in [-0.2, -0.15) is 9.49 Å². The molecule has 19 heavy (non-hydrogen) atoms. The van der Waals surface area contributed by atoms with Crippen molar-refractivity contribution in [1.29, 1.82) is 0 Å². The van der Waals surface area contributed by atoms with Crippen LogP contribution in [0.2, 0.25) is 5.15 Å². The van der Waals surface area contributed by atoms with Gasteiger partial charge < -0.3 is 0 Å². The molecule has 3 rings (SSSR count). The molecule has 3 aromatic heterocycles. The second-order valence-corrected chi connectivity index (χ2v) is 4.47. The fraction of sp³-hybridized carbons (Fsp3) is 0.167. The van der Waals surface area contributed by atoms with E-state index in [0.29, 0.717) is 16.3 Å². The molecule has 0 radical (unpaired) electrons. The Hall–Kier alpha value is -2.08. The molecule has 0 bridgehead atoms. The molecule has 0 saturated carbocycles.